The lowest BCUT2D eigenvalue weighted by atomic mass is 10.0. The molecule has 0 saturated heterocycles. The van der Waals surface area contributed by atoms with Gasteiger partial charge in [0.2, 0.25) is 10.0 Å². The molecule has 21 heavy (non-hydrogen) atoms. The average Bonchev–Trinajstić information content (AvgIpc) is 2.45. The summed E-state index contributed by atoms with van der Waals surface area (Å²) in [6.07, 6.45) is 6.52. The van der Waals surface area contributed by atoms with Crippen LogP contribution in [0.2, 0.25) is 0 Å². The van der Waals surface area contributed by atoms with Gasteiger partial charge in [0.25, 0.3) is 0 Å². The summed E-state index contributed by atoms with van der Waals surface area (Å²) < 4.78 is 25.2. The van der Waals surface area contributed by atoms with Gasteiger partial charge in [-0.05, 0) is 36.8 Å². The minimum absolute atomic E-state index is 0.471. The lowest BCUT2D eigenvalue weighted by Gasteiger charge is -2.29. The Morgan fingerprint density at radius 3 is 2.90 bits per heavy atom. The van der Waals surface area contributed by atoms with Gasteiger partial charge in [0.15, 0.2) is 11.4 Å². The predicted octanol–water partition coefficient (Wildman–Crippen LogP) is 1.82. The van der Waals surface area contributed by atoms with E-state index in [1.807, 2.05) is 24.6 Å². The molecule has 6 nitrogen and oxygen atoms in total. The number of thioether (sulfide) groups is 1. The van der Waals surface area contributed by atoms with Crippen molar-refractivity contribution < 1.29 is 8.42 Å². The SMILES string of the molecule is CSC(=Nc1ccc2c(c1)N(S(C)(=O)=O)CCC2)NC#N. The topological polar surface area (TPSA) is 85.6 Å². The Hall–Kier alpha value is -1.72. The summed E-state index contributed by atoms with van der Waals surface area (Å²) in [5, 5.41) is 11.6. The van der Waals surface area contributed by atoms with Crippen LogP contribution in [0.4, 0.5) is 11.4 Å². The Labute approximate surface area is 128 Å². The van der Waals surface area contributed by atoms with Gasteiger partial charge in [-0.1, -0.05) is 17.8 Å². The van der Waals surface area contributed by atoms with E-state index in [4.69, 9.17) is 5.26 Å². The zero-order chi connectivity index (χ0) is 15.5. The monoisotopic (exact) mass is 324 g/mol. The van der Waals surface area contributed by atoms with E-state index in [0.717, 1.165) is 18.4 Å². The Morgan fingerprint density at radius 1 is 1.52 bits per heavy atom. The third-order valence-electron chi connectivity index (χ3n) is 3.13. The molecule has 2 rings (SSSR count). The number of aryl methyl sites for hydroxylation is 1. The summed E-state index contributed by atoms with van der Waals surface area (Å²) in [6.45, 7) is 0.491. The third-order valence-corrected chi connectivity index (χ3v) is 4.89. The van der Waals surface area contributed by atoms with Crippen molar-refractivity contribution in [2.24, 2.45) is 4.99 Å². The fraction of sp³-hybridized carbons (Fsp3) is 0.385. The van der Waals surface area contributed by atoms with Gasteiger partial charge >= 0.3 is 0 Å². The molecule has 1 aliphatic heterocycles. The summed E-state index contributed by atoms with van der Waals surface area (Å²) in [5.41, 5.74) is 2.31. The highest BCUT2D eigenvalue weighted by Crippen LogP contribution is 2.32. The average molecular weight is 324 g/mol. The van der Waals surface area contributed by atoms with Gasteiger partial charge in [0.05, 0.1) is 17.6 Å². The van der Waals surface area contributed by atoms with Crippen molar-refractivity contribution in [2.45, 2.75) is 12.8 Å². The zero-order valence-corrected chi connectivity index (χ0v) is 13.5. The van der Waals surface area contributed by atoms with E-state index in [2.05, 4.69) is 10.3 Å². The molecular weight excluding hydrogens is 308 g/mol. The van der Waals surface area contributed by atoms with Crippen molar-refractivity contribution in [3.63, 3.8) is 0 Å². The molecule has 0 aliphatic carbocycles. The van der Waals surface area contributed by atoms with E-state index in [9.17, 15) is 8.42 Å². The van der Waals surface area contributed by atoms with Crippen LogP contribution in [-0.4, -0.2) is 32.6 Å². The van der Waals surface area contributed by atoms with Crippen LogP contribution in [0.15, 0.2) is 23.2 Å². The van der Waals surface area contributed by atoms with E-state index in [1.54, 1.807) is 6.07 Å². The fourth-order valence-electron chi connectivity index (χ4n) is 2.23. The summed E-state index contributed by atoms with van der Waals surface area (Å²) in [7, 11) is -3.29. The number of benzene rings is 1. The van der Waals surface area contributed by atoms with Crippen LogP contribution >= 0.6 is 11.8 Å². The molecule has 1 heterocycles. The number of hydrogen-bond acceptors (Lipinski definition) is 5. The molecule has 1 N–H and O–H groups in total. The summed E-state index contributed by atoms with van der Waals surface area (Å²) in [5.74, 6) is 0. The number of fused-ring (bicyclic) bond motifs is 1. The molecule has 0 unspecified atom stereocenters. The Bertz CT molecular complexity index is 707. The fourth-order valence-corrected chi connectivity index (χ4v) is 3.57. The molecule has 1 aromatic carbocycles. The van der Waals surface area contributed by atoms with Crippen molar-refractivity contribution >= 4 is 38.3 Å². The third kappa shape index (κ3) is 3.68. The smallest absolute Gasteiger partial charge is 0.232 e. The molecule has 0 saturated carbocycles. The maximum atomic E-state index is 11.9. The first kappa shape index (κ1) is 15.7. The van der Waals surface area contributed by atoms with Crippen molar-refractivity contribution in [1.29, 1.82) is 5.26 Å². The highest BCUT2D eigenvalue weighted by molar-refractivity contribution is 8.13. The van der Waals surface area contributed by atoms with Gasteiger partial charge in [-0.15, -0.1) is 0 Å². The van der Waals surface area contributed by atoms with Gasteiger partial charge in [-0.2, -0.15) is 5.26 Å². The normalized spacial score (nSPS) is 15.3. The number of aliphatic imine (C=N–C) groups is 1. The molecule has 0 amide bonds. The molecule has 1 aromatic rings. The van der Waals surface area contributed by atoms with E-state index in [-0.39, 0.29) is 0 Å². The second-order valence-corrected chi connectivity index (χ2v) is 7.31. The van der Waals surface area contributed by atoms with Crippen LogP contribution in [0.5, 0.6) is 0 Å². The van der Waals surface area contributed by atoms with Crippen LogP contribution in [0.1, 0.15) is 12.0 Å². The maximum absolute atomic E-state index is 11.9. The molecule has 0 spiro atoms. The number of rotatable bonds is 2. The first-order valence-electron chi connectivity index (χ1n) is 6.34. The minimum Gasteiger partial charge on any atom is -0.271 e. The first-order valence-corrected chi connectivity index (χ1v) is 9.41. The molecule has 0 fully saturated rings. The molecule has 1 aliphatic rings. The molecule has 112 valence electrons. The van der Waals surface area contributed by atoms with Gasteiger partial charge in [-0.3, -0.25) is 9.62 Å². The number of hydrogen-bond donors (Lipinski definition) is 1. The van der Waals surface area contributed by atoms with Crippen LogP contribution in [-0.2, 0) is 16.4 Å². The van der Waals surface area contributed by atoms with E-state index in [0.29, 0.717) is 23.1 Å². The Morgan fingerprint density at radius 2 is 2.29 bits per heavy atom. The van der Waals surface area contributed by atoms with Crippen molar-refractivity contribution in [3.05, 3.63) is 23.8 Å². The summed E-state index contributed by atoms with van der Waals surface area (Å²) in [4.78, 5) is 4.32. The van der Waals surface area contributed by atoms with Gasteiger partial charge in [0.1, 0.15) is 0 Å². The van der Waals surface area contributed by atoms with Crippen molar-refractivity contribution in [2.75, 3.05) is 23.4 Å². The van der Waals surface area contributed by atoms with Crippen LogP contribution in [0.25, 0.3) is 0 Å². The first-order chi connectivity index (χ1) is 9.95. The molecule has 0 atom stereocenters. The molecule has 0 radical (unpaired) electrons. The van der Waals surface area contributed by atoms with Crippen LogP contribution in [0, 0.1) is 11.5 Å². The quantitative estimate of drug-likeness (QED) is 0.388. The largest absolute Gasteiger partial charge is 0.271 e. The van der Waals surface area contributed by atoms with Crippen molar-refractivity contribution in [3.8, 4) is 6.19 Å². The zero-order valence-electron chi connectivity index (χ0n) is 11.8. The lowest BCUT2D eigenvalue weighted by Crippen LogP contribution is -2.34. The second kappa shape index (κ2) is 6.37. The molecule has 0 aromatic heterocycles. The number of anilines is 1. The molecule has 0 bridgehead atoms. The number of sulfonamides is 1. The standard InChI is InChI=1S/C13H16N4O2S2/c1-20-13(15-9-14)16-11-6-5-10-4-3-7-17(12(10)8-11)21(2,18)19/h5-6,8H,3-4,7H2,1-2H3,(H,15,16). The molecule has 8 heteroatoms. The summed E-state index contributed by atoms with van der Waals surface area (Å²) >= 11 is 1.32. The Balaban J connectivity index is 2.44. The van der Waals surface area contributed by atoms with Crippen LogP contribution in [0.3, 0.4) is 0 Å². The Kier molecular flexibility index (Phi) is 4.75. The molecular formula is C13H16N4O2S2. The summed E-state index contributed by atoms with van der Waals surface area (Å²) in [6, 6.07) is 5.49. The van der Waals surface area contributed by atoms with E-state index >= 15 is 0 Å². The predicted molar refractivity (Wildman–Crippen MR) is 86.3 cm³/mol. The van der Waals surface area contributed by atoms with Crippen molar-refractivity contribution in [1.82, 2.24) is 5.32 Å². The maximum Gasteiger partial charge on any atom is 0.232 e. The number of nitriles is 1. The number of amidine groups is 1. The van der Waals surface area contributed by atoms with E-state index < -0.39 is 10.0 Å². The number of nitrogens with zero attached hydrogens (tertiary/aromatic N) is 3. The van der Waals surface area contributed by atoms with Gasteiger partial charge in [-0.25, -0.2) is 13.4 Å². The second-order valence-electron chi connectivity index (χ2n) is 4.61. The van der Waals surface area contributed by atoms with Crippen LogP contribution < -0.4 is 9.62 Å². The van der Waals surface area contributed by atoms with Gasteiger partial charge < -0.3 is 0 Å². The number of nitrogens with one attached hydrogen (secondary N) is 1. The highest BCUT2D eigenvalue weighted by Gasteiger charge is 2.24. The lowest BCUT2D eigenvalue weighted by molar-refractivity contribution is 0.592. The van der Waals surface area contributed by atoms with E-state index in [1.165, 1.54) is 22.3 Å². The minimum atomic E-state index is -3.29. The highest BCUT2D eigenvalue weighted by atomic mass is 32.2. The van der Waals surface area contributed by atoms with Gasteiger partial charge in [0, 0.05) is 6.54 Å².